The number of imidazole rings is 1. The maximum absolute atomic E-state index is 12.5. The molecule has 0 saturated carbocycles. The van der Waals surface area contributed by atoms with Crippen LogP contribution in [0.4, 0.5) is 5.69 Å². The molecule has 2 aromatic heterocycles. The first kappa shape index (κ1) is 18.9. The predicted molar refractivity (Wildman–Crippen MR) is 108 cm³/mol. The molecule has 1 N–H and O–H groups in total. The van der Waals surface area contributed by atoms with Crippen LogP contribution in [-0.4, -0.2) is 27.9 Å². The van der Waals surface area contributed by atoms with Crippen molar-refractivity contribution >= 4 is 27.3 Å². The first-order chi connectivity index (χ1) is 14.0. The second-order valence-electron chi connectivity index (χ2n) is 5.87. The third kappa shape index (κ3) is 4.53. The summed E-state index contributed by atoms with van der Waals surface area (Å²) in [7, 11) is -3.74. The van der Waals surface area contributed by atoms with E-state index in [1.54, 1.807) is 65.8 Å². The van der Waals surface area contributed by atoms with Crippen molar-refractivity contribution in [2.24, 2.45) is 0 Å². The summed E-state index contributed by atoms with van der Waals surface area (Å²) in [6.45, 7) is 0. The number of ether oxygens (including phenoxy) is 1. The normalized spacial score (nSPS) is 11.2. The average molecular weight is 428 g/mol. The van der Waals surface area contributed by atoms with Gasteiger partial charge in [0.1, 0.15) is 24.2 Å². The fraction of sp³-hybridized carbons (Fsp3) is 0. The van der Waals surface area contributed by atoms with Gasteiger partial charge in [0.15, 0.2) is 0 Å². The summed E-state index contributed by atoms with van der Waals surface area (Å²) in [5, 5.41) is 0.344. The van der Waals surface area contributed by atoms with Crippen LogP contribution in [0.1, 0.15) is 0 Å². The van der Waals surface area contributed by atoms with E-state index in [4.69, 9.17) is 16.3 Å². The zero-order valence-electron chi connectivity index (χ0n) is 14.8. The van der Waals surface area contributed by atoms with Gasteiger partial charge in [-0.05, 0) is 42.5 Å². The van der Waals surface area contributed by atoms with Crippen molar-refractivity contribution in [3.63, 3.8) is 0 Å². The van der Waals surface area contributed by atoms with Crippen LogP contribution >= 0.6 is 11.6 Å². The summed E-state index contributed by atoms with van der Waals surface area (Å²) in [5.74, 6) is 1.44. The molecule has 0 aliphatic carbocycles. The third-order valence-corrected chi connectivity index (χ3v) is 5.45. The Kier molecular flexibility index (Phi) is 5.15. The van der Waals surface area contributed by atoms with Crippen molar-refractivity contribution in [3.8, 4) is 17.4 Å². The summed E-state index contributed by atoms with van der Waals surface area (Å²) in [5.41, 5.74) is 0.388. The summed E-state index contributed by atoms with van der Waals surface area (Å²) in [6, 6.07) is 14.2. The van der Waals surface area contributed by atoms with Gasteiger partial charge in [0.25, 0.3) is 10.0 Å². The number of anilines is 1. The van der Waals surface area contributed by atoms with Crippen LogP contribution in [0.2, 0.25) is 5.02 Å². The van der Waals surface area contributed by atoms with E-state index in [-0.39, 0.29) is 4.90 Å². The molecule has 4 aromatic rings. The molecule has 8 nitrogen and oxygen atoms in total. The Hall–Kier alpha value is -3.43. The molecule has 2 aromatic carbocycles. The second kappa shape index (κ2) is 7.90. The molecule has 0 spiro atoms. The molecule has 29 heavy (non-hydrogen) atoms. The predicted octanol–water partition coefficient (Wildman–Crippen LogP) is 3.91. The van der Waals surface area contributed by atoms with Crippen LogP contribution in [0.3, 0.4) is 0 Å². The fourth-order valence-corrected chi connectivity index (χ4v) is 3.84. The van der Waals surface area contributed by atoms with Gasteiger partial charge in [0.05, 0.1) is 4.90 Å². The van der Waals surface area contributed by atoms with Crippen LogP contribution in [0.25, 0.3) is 5.82 Å². The maximum Gasteiger partial charge on any atom is 0.261 e. The first-order valence-corrected chi connectivity index (χ1v) is 10.2. The van der Waals surface area contributed by atoms with E-state index in [0.29, 0.717) is 28.2 Å². The lowest BCUT2D eigenvalue weighted by Crippen LogP contribution is -2.12. The molecular formula is C19H14ClN5O3S. The highest BCUT2D eigenvalue weighted by Gasteiger charge is 2.14. The van der Waals surface area contributed by atoms with Gasteiger partial charge in [-0.15, -0.1) is 0 Å². The van der Waals surface area contributed by atoms with E-state index in [1.165, 1.54) is 18.5 Å². The largest absolute Gasteiger partial charge is 0.439 e. The smallest absolute Gasteiger partial charge is 0.261 e. The lowest BCUT2D eigenvalue weighted by molar-refractivity contribution is 0.461. The highest BCUT2D eigenvalue weighted by atomic mass is 35.5. The molecular weight excluding hydrogens is 414 g/mol. The molecule has 2 heterocycles. The summed E-state index contributed by atoms with van der Waals surface area (Å²) in [6.07, 6.45) is 6.41. The van der Waals surface area contributed by atoms with Crippen molar-refractivity contribution in [2.45, 2.75) is 4.90 Å². The van der Waals surface area contributed by atoms with E-state index < -0.39 is 10.0 Å². The van der Waals surface area contributed by atoms with Gasteiger partial charge in [-0.25, -0.2) is 23.4 Å². The monoisotopic (exact) mass is 427 g/mol. The van der Waals surface area contributed by atoms with Crippen molar-refractivity contribution in [2.75, 3.05) is 4.72 Å². The Morgan fingerprint density at radius 1 is 1.03 bits per heavy atom. The van der Waals surface area contributed by atoms with Crippen LogP contribution < -0.4 is 9.46 Å². The van der Waals surface area contributed by atoms with Gasteiger partial charge < -0.3 is 4.74 Å². The lowest BCUT2D eigenvalue weighted by Gasteiger charge is -2.10. The molecule has 4 rings (SSSR count). The van der Waals surface area contributed by atoms with Crippen LogP contribution in [0.5, 0.6) is 11.6 Å². The Labute approximate surface area is 171 Å². The molecule has 0 aliphatic heterocycles. The number of hydrogen-bond donors (Lipinski definition) is 1. The molecule has 0 aliphatic rings. The molecule has 0 amide bonds. The summed E-state index contributed by atoms with van der Waals surface area (Å²) < 4.78 is 34.9. The van der Waals surface area contributed by atoms with Crippen molar-refractivity contribution < 1.29 is 13.2 Å². The van der Waals surface area contributed by atoms with E-state index in [9.17, 15) is 8.42 Å². The van der Waals surface area contributed by atoms with E-state index >= 15 is 0 Å². The Morgan fingerprint density at radius 2 is 1.86 bits per heavy atom. The first-order valence-electron chi connectivity index (χ1n) is 8.36. The third-order valence-electron chi connectivity index (χ3n) is 3.83. The summed E-state index contributed by atoms with van der Waals surface area (Å²) >= 11 is 5.87. The second-order valence-corrected chi connectivity index (χ2v) is 7.99. The van der Waals surface area contributed by atoms with Gasteiger partial charge >= 0.3 is 0 Å². The molecule has 146 valence electrons. The van der Waals surface area contributed by atoms with Gasteiger partial charge in [-0.2, -0.15) is 0 Å². The number of hydrogen-bond acceptors (Lipinski definition) is 6. The zero-order chi connectivity index (χ0) is 20.3. The molecule has 0 unspecified atom stereocenters. The number of benzene rings is 2. The van der Waals surface area contributed by atoms with Crippen LogP contribution in [-0.2, 0) is 10.0 Å². The average Bonchev–Trinajstić information content (AvgIpc) is 3.25. The SMILES string of the molecule is O=S(=O)(Nc1ccc(Oc2cc(-n3ccnc3)ncn2)cc1)c1cccc(Cl)c1. The number of aromatic nitrogens is 4. The van der Waals surface area contributed by atoms with Crippen LogP contribution in [0.15, 0.2) is 84.5 Å². The minimum Gasteiger partial charge on any atom is -0.439 e. The standard InChI is InChI=1S/C19H14ClN5O3S/c20-14-2-1-3-17(10-14)29(26,27)24-15-4-6-16(7-5-15)28-19-11-18(22-12-23-19)25-9-8-21-13-25/h1-13,24H. The molecule has 0 radical (unpaired) electrons. The number of nitrogens with one attached hydrogen (secondary N) is 1. The molecule has 0 fully saturated rings. The van der Waals surface area contributed by atoms with Crippen molar-refractivity contribution in [1.82, 2.24) is 19.5 Å². The molecule has 0 bridgehead atoms. The Balaban J connectivity index is 1.48. The minimum atomic E-state index is -3.74. The van der Waals surface area contributed by atoms with Crippen molar-refractivity contribution in [1.29, 1.82) is 0 Å². The minimum absolute atomic E-state index is 0.0818. The number of sulfonamides is 1. The maximum atomic E-state index is 12.5. The van der Waals surface area contributed by atoms with E-state index in [2.05, 4.69) is 19.7 Å². The van der Waals surface area contributed by atoms with E-state index in [0.717, 1.165) is 0 Å². The Morgan fingerprint density at radius 3 is 2.59 bits per heavy atom. The lowest BCUT2D eigenvalue weighted by atomic mass is 10.3. The van der Waals surface area contributed by atoms with Gasteiger partial charge in [-0.1, -0.05) is 17.7 Å². The van der Waals surface area contributed by atoms with Gasteiger partial charge in [0, 0.05) is 29.2 Å². The fourth-order valence-electron chi connectivity index (χ4n) is 2.48. The molecule has 10 heteroatoms. The van der Waals surface area contributed by atoms with Crippen LogP contribution in [0, 0.1) is 0 Å². The highest BCUT2D eigenvalue weighted by Crippen LogP contribution is 2.24. The summed E-state index contributed by atoms with van der Waals surface area (Å²) in [4.78, 5) is 12.3. The number of rotatable bonds is 6. The molecule has 0 atom stereocenters. The molecule has 0 saturated heterocycles. The number of halogens is 1. The van der Waals surface area contributed by atoms with Gasteiger partial charge in [0.2, 0.25) is 5.88 Å². The number of nitrogens with zero attached hydrogens (tertiary/aromatic N) is 4. The van der Waals surface area contributed by atoms with E-state index in [1.807, 2.05) is 0 Å². The quantitative estimate of drug-likeness (QED) is 0.501. The van der Waals surface area contributed by atoms with Crippen molar-refractivity contribution in [3.05, 3.63) is 84.7 Å². The topological polar surface area (TPSA) is 99.0 Å². The Bertz CT molecular complexity index is 1230. The zero-order valence-corrected chi connectivity index (χ0v) is 16.4. The van der Waals surface area contributed by atoms with Gasteiger partial charge in [-0.3, -0.25) is 9.29 Å². The highest BCUT2D eigenvalue weighted by molar-refractivity contribution is 7.92.